The third kappa shape index (κ3) is 2.00. The van der Waals surface area contributed by atoms with Gasteiger partial charge in [0, 0.05) is 11.1 Å². The molecule has 100 valence electrons. The van der Waals surface area contributed by atoms with E-state index in [0.29, 0.717) is 0 Å². The van der Waals surface area contributed by atoms with Gasteiger partial charge in [-0.2, -0.15) is 0 Å². The molecule has 0 heterocycles. The van der Waals surface area contributed by atoms with Crippen molar-refractivity contribution in [1.82, 2.24) is 0 Å². The van der Waals surface area contributed by atoms with Crippen molar-refractivity contribution in [3.8, 4) is 22.3 Å². The lowest BCUT2D eigenvalue weighted by Gasteiger charge is -2.04. The van der Waals surface area contributed by atoms with Crippen LogP contribution in [0.4, 0.5) is 0 Å². The molecule has 0 unspecified atom stereocenters. The monoisotopic (exact) mass is 262 g/mol. The third-order valence-corrected chi connectivity index (χ3v) is 3.97. The minimum Gasteiger partial charge on any atom is -0.289 e. The van der Waals surface area contributed by atoms with E-state index in [1.165, 1.54) is 22.3 Å². The quantitative estimate of drug-likeness (QED) is 0.665. The Labute approximate surface area is 119 Å². The summed E-state index contributed by atoms with van der Waals surface area (Å²) in [4.78, 5) is 12.3. The van der Waals surface area contributed by atoms with Crippen molar-refractivity contribution < 1.29 is 0 Å². The topological polar surface area (TPSA) is 17.1 Å². The fourth-order valence-corrected chi connectivity index (χ4v) is 2.69. The fraction of sp³-hybridized carbons (Fsp3) is 0.211. The average Bonchev–Trinajstić information content (AvgIpc) is 3.06. The summed E-state index contributed by atoms with van der Waals surface area (Å²) in [5.74, 6) is 0. The van der Waals surface area contributed by atoms with Crippen LogP contribution >= 0.6 is 0 Å². The van der Waals surface area contributed by atoms with E-state index in [9.17, 15) is 4.79 Å². The normalized spacial score (nSPS) is 11.2. The number of benzene rings is 2. The maximum atomic E-state index is 12.3. The molecular weight excluding hydrogens is 244 g/mol. The molecule has 0 spiro atoms. The van der Waals surface area contributed by atoms with Crippen molar-refractivity contribution in [2.24, 2.45) is 0 Å². The Kier molecular flexibility index (Phi) is 2.86. The molecule has 0 N–H and O–H groups in total. The molecule has 0 bridgehead atoms. The van der Waals surface area contributed by atoms with E-state index in [1.54, 1.807) is 0 Å². The zero-order valence-electron chi connectivity index (χ0n) is 12.4. The zero-order chi connectivity index (χ0) is 14.4. The van der Waals surface area contributed by atoms with Crippen LogP contribution in [0.3, 0.4) is 0 Å². The highest BCUT2D eigenvalue weighted by atomic mass is 16.1. The summed E-state index contributed by atoms with van der Waals surface area (Å²) in [6.07, 6.45) is 0. The van der Waals surface area contributed by atoms with Gasteiger partial charge in [0.05, 0.1) is 0 Å². The van der Waals surface area contributed by atoms with Gasteiger partial charge >= 0.3 is 0 Å². The SMILES string of the molecule is Cc1ccc(C)c(-c2c(-c3cc(C)ccc3C)c2=O)c1. The predicted octanol–water partition coefficient (Wildman–Crippen LogP) is 4.49. The first-order valence-electron chi connectivity index (χ1n) is 6.93. The van der Waals surface area contributed by atoms with Gasteiger partial charge in [0.25, 0.3) is 0 Å². The molecule has 0 radical (unpaired) electrons. The van der Waals surface area contributed by atoms with Crippen molar-refractivity contribution in [1.29, 1.82) is 0 Å². The molecule has 0 aliphatic carbocycles. The molecule has 1 heteroatoms. The largest absolute Gasteiger partial charge is 0.289 e. The van der Waals surface area contributed by atoms with Crippen LogP contribution in [0, 0.1) is 27.7 Å². The van der Waals surface area contributed by atoms with Crippen LogP contribution in [0.1, 0.15) is 22.3 Å². The minimum atomic E-state index is 0.201. The number of hydrogen-bond donors (Lipinski definition) is 0. The van der Waals surface area contributed by atoms with Gasteiger partial charge in [-0.3, -0.25) is 4.79 Å². The van der Waals surface area contributed by atoms with E-state index in [2.05, 4.69) is 64.1 Å². The van der Waals surface area contributed by atoms with Gasteiger partial charge in [0.2, 0.25) is 0 Å². The van der Waals surface area contributed by atoms with Crippen LogP contribution in [0.2, 0.25) is 0 Å². The van der Waals surface area contributed by atoms with E-state index in [4.69, 9.17) is 0 Å². The van der Waals surface area contributed by atoms with Gasteiger partial charge in [-0.15, -0.1) is 0 Å². The molecule has 0 aliphatic heterocycles. The molecular formula is C19H18O. The summed E-state index contributed by atoms with van der Waals surface area (Å²) in [6.45, 7) is 8.25. The Balaban J connectivity index is 2.15. The molecule has 0 amide bonds. The molecule has 0 aliphatic rings. The minimum absolute atomic E-state index is 0.201. The van der Waals surface area contributed by atoms with E-state index in [0.717, 1.165) is 22.3 Å². The first kappa shape index (κ1) is 12.9. The maximum absolute atomic E-state index is 12.3. The lowest BCUT2D eigenvalue weighted by atomic mass is 10.00. The highest BCUT2D eigenvalue weighted by molar-refractivity contribution is 5.96. The lowest BCUT2D eigenvalue weighted by Crippen LogP contribution is -1.84. The Morgan fingerprint density at radius 2 is 1.05 bits per heavy atom. The Morgan fingerprint density at radius 3 is 1.45 bits per heavy atom. The van der Waals surface area contributed by atoms with E-state index >= 15 is 0 Å². The van der Waals surface area contributed by atoms with Gasteiger partial charge < -0.3 is 0 Å². The Bertz CT molecular complexity index is 748. The third-order valence-electron chi connectivity index (χ3n) is 3.97. The van der Waals surface area contributed by atoms with Crippen molar-refractivity contribution in [3.05, 3.63) is 68.9 Å². The van der Waals surface area contributed by atoms with Gasteiger partial charge in [-0.25, -0.2) is 0 Å². The van der Waals surface area contributed by atoms with Crippen LogP contribution in [0.15, 0.2) is 41.2 Å². The molecule has 0 fully saturated rings. The summed E-state index contributed by atoms with van der Waals surface area (Å²) >= 11 is 0. The Hall–Kier alpha value is -2.15. The first-order chi connectivity index (χ1) is 9.49. The maximum Gasteiger partial charge on any atom is 0.195 e. The van der Waals surface area contributed by atoms with Crippen molar-refractivity contribution >= 4 is 0 Å². The summed E-state index contributed by atoms with van der Waals surface area (Å²) in [7, 11) is 0. The molecule has 1 nitrogen and oxygen atoms in total. The molecule has 0 atom stereocenters. The highest BCUT2D eigenvalue weighted by Gasteiger charge is 2.27. The van der Waals surface area contributed by atoms with Crippen LogP contribution in [-0.2, 0) is 0 Å². The lowest BCUT2D eigenvalue weighted by molar-refractivity contribution is 1.40. The summed E-state index contributed by atoms with van der Waals surface area (Å²) in [5.41, 5.74) is 8.90. The van der Waals surface area contributed by atoms with Crippen LogP contribution in [0.25, 0.3) is 22.3 Å². The second-order valence-electron chi connectivity index (χ2n) is 5.72. The van der Waals surface area contributed by atoms with Gasteiger partial charge in [-0.1, -0.05) is 47.5 Å². The van der Waals surface area contributed by atoms with E-state index in [-0.39, 0.29) is 5.43 Å². The summed E-state index contributed by atoms with van der Waals surface area (Å²) in [5, 5.41) is 0. The molecule has 3 rings (SSSR count). The highest BCUT2D eigenvalue weighted by Crippen LogP contribution is 2.38. The van der Waals surface area contributed by atoms with Gasteiger partial charge in [0.15, 0.2) is 5.43 Å². The molecule has 0 saturated carbocycles. The van der Waals surface area contributed by atoms with Crippen LogP contribution in [0.5, 0.6) is 0 Å². The molecule has 0 aromatic heterocycles. The number of aryl methyl sites for hydroxylation is 4. The fourth-order valence-electron chi connectivity index (χ4n) is 2.69. The molecule has 0 saturated heterocycles. The van der Waals surface area contributed by atoms with Crippen molar-refractivity contribution in [2.75, 3.05) is 0 Å². The average molecular weight is 262 g/mol. The standard InChI is InChI=1S/C19H18O/c1-11-5-7-13(3)15(9-11)17-18(19(17)20)16-10-12(2)6-8-14(16)4/h5-10H,1-4H3. The Morgan fingerprint density at radius 1 is 0.650 bits per heavy atom. The van der Waals surface area contributed by atoms with Crippen molar-refractivity contribution in [3.63, 3.8) is 0 Å². The summed E-state index contributed by atoms with van der Waals surface area (Å²) < 4.78 is 0. The smallest absolute Gasteiger partial charge is 0.195 e. The van der Waals surface area contributed by atoms with Crippen molar-refractivity contribution in [2.45, 2.75) is 27.7 Å². The zero-order valence-corrected chi connectivity index (χ0v) is 12.4. The number of hydrogen-bond acceptors (Lipinski definition) is 1. The first-order valence-corrected chi connectivity index (χ1v) is 6.93. The van der Waals surface area contributed by atoms with Gasteiger partial charge in [0.1, 0.15) is 0 Å². The second-order valence-corrected chi connectivity index (χ2v) is 5.72. The molecule has 3 aromatic carbocycles. The summed E-state index contributed by atoms with van der Waals surface area (Å²) in [6, 6.07) is 12.6. The van der Waals surface area contributed by atoms with Gasteiger partial charge in [-0.05, 0) is 49.9 Å². The number of rotatable bonds is 2. The molecule has 3 aromatic rings. The predicted molar refractivity (Wildman–Crippen MR) is 84.9 cm³/mol. The molecule has 20 heavy (non-hydrogen) atoms. The van der Waals surface area contributed by atoms with E-state index in [1.807, 2.05) is 0 Å². The van der Waals surface area contributed by atoms with Crippen LogP contribution < -0.4 is 5.43 Å². The van der Waals surface area contributed by atoms with E-state index < -0.39 is 0 Å². The van der Waals surface area contributed by atoms with Crippen LogP contribution in [-0.4, -0.2) is 0 Å². The second kappa shape index (κ2) is 4.45.